The third-order valence-electron chi connectivity index (χ3n) is 2.46. The second-order valence-corrected chi connectivity index (χ2v) is 5.06. The molecule has 4 heteroatoms. The van der Waals surface area contributed by atoms with Crippen LogP contribution in [0.2, 0.25) is 0 Å². The van der Waals surface area contributed by atoms with Crippen molar-refractivity contribution in [3.05, 3.63) is 0 Å². The van der Waals surface area contributed by atoms with E-state index in [0.29, 0.717) is 17.5 Å². The highest BCUT2D eigenvalue weighted by molar-refractivity contribution is 9.09. The molecule has 0 aromatic heterocycles. The first kappa shape index (κ1) is 12.0. The van der Waals surface area contributed by atoms with Gasteiger partial charge in [-0.15, -0.1) is 0 Å². The van der Waals surface area contributed by atoms with Crippen molar-refractivity contribution in [2.24, 2.45) is 0 Å². The summed E-state index contributed by atoms with van der Waals surface area (Å²) in [4.78, 5) is 11.1. The van der Waals surface area contributed by atoms with E-state index in [1.54, 1.807) is 0 Å². The predicted molar refractivity (Wildman–Crippen MR) is 59.6 cm³/mol. The first-order valence-corrected chi connectivity index (χ1v) is 6.11. The zero-order valence-electron chi connectivity index (χ0n) is 8.59. The molecule has 0 aromatic rings. The molecule has 1 rings (SSSR count). The van der Waals surface area contributed by atoms with Crippen molar-refractivity contribution in [1.82, 2.24) is 5.32 Å². The molecular formula is C10H18BrNO2. The van der Waals surface area contributed by atoms with E-state index < -0.39 is 0 Å². The third kappa shape index (κ3) is 4.96. The van der Waals surface area contributed by atoms with Crippen LogP contribution in [0.15, 0.2) is 0 Å². The second kappa shape index (κ2) is 6.40. The zero-order chi connectivity index (χ0) is 10.4. The maximum absolute atomic E-state index is 10.5. The van der Waals surface area contributed by atoms with Crippen molar-refractivity contribution in [3.63, 3.8) is 0 Å². The summed E-state index contributed by atoms with van der Waals surface area (Å²) in [5.41, 5.74) is 0. The van der Waals surface area contributed by atoms with E-state index >= 15 is 0 Å². The summed E-state index contributed by atoms with van der Waals surface area (Å²) in [5, 5.41) is 3.47. The monoisotopic (exact) mass is 263 g/mol. The maximum atomic E-state index is 10.5. The Kier molecular flexibility index (Phi) is 5.48. The van der Waals surface area contributed by atoms with Crippen LogP contribution < -0.4 is 5.32 Å². The van der Waals surface area contributed by atoms with Gasteiger partial charge in [0.1, 0.15) is 0 Å². The van der Waals surface area contributed by atoms with E-state index in [-0.39, 0.29) is 5.97 Å². The molecule has 82 valence electrons. The van der Waals surface area contributed by atoms with Crippen LogP contribution in [-0.2, 0) is 9.53 Å². The molecule has 2 unspecified atom stereocenters. The molecule has 0 amide bonds. The molecule has 1 saturated heterocycles. The van der Waals surface area contributed by atoms with Crippen molar-refractivity contribution < 1.29 is 9.53 Å². The van der Waals surface area contributed by atoms with Crippen LogP contribution in [0.5, 0.6) is 0 Å². The Bertz CT molecular complexity index is 179. The molecule has 1 aliphatic heterocycles. The van der Waals surface area contributed by atoms with Crippen molar-refractivity contribution in [2.75, 3.05) is 13.2 Å². The summed E-state index contributed by atoms with van der Waals surface area (Å²) < 4.78 is 4.88. The number of esters is 1. The number of halogens is 1. The number of piperidine rings is 1. The summed E-state index contributed by atoms with van der Waals surface area (Å²) in [7, 11) is 0. The van der Waals surface area contributed by atoms with E-state index in [9.17, 15) is 4.79 Å². The Balaban J connectivity index is 1.99. The van der Waals surface area contributed by atoms with Crippen molar-refractivity contribution in [2.45, 2.75) is 43.5 Å². The fourth-order valence-electron chi connectivity index (χ4n) is 1.67. The van der Waals surface area contributed by atoms with E-state index in [1.807, 2.05) is 0 Å². The standard InChI is InChI=1S/C10H18BrNO2/c1-8(13)14-6-2-3-10-5-4-9(11)7-12-10/h9-10,12H,2-7H2,1H3. The van der Waals surface area contributed by atoms with Crippen LogP contribution >= 0.6 is 15.9 Å². The lowest BCUT2D eigenvalue weighted by Crippen LogP contribution is -2.39. The Morgan fingerprint density at radius 2 is 2.36 bits per heavy atom. The van der Waals surface area contributed by atoms with Crippen molar-refractivity contribution in [3.8, 4) is 0 Å². The molecule has 0 saturated carbocycles. The van der Waals surface area contributed by atoms with Crippen molar-refractivity contribution in [1.29, 1.82) is 0 Å². The number of carbonyl (C=O) groups excluding carboxylic acids is 1. The minimum atomic E-state index is -0.179. The highest BCUT2D eigenvalue weighted by Crippen LogP contribution is 2.17. The normalized spacial score (nSPS) is 27.3. The Morgan fingerprint density at radius 3 is 2.93 bits per heavy atom. The average Bonchev–Trinajstić information content (AvgIpc) is 2.15. The van der Waals surface area contributed by atoms with Gasteiger partial charge in [-0.05, 0) is 25.7 Å². The molecule has 0 radical (unpaired) electrons. The van der Waals surface area contributed by atoms with Crippen LogP contribution in [0.25, 0.3) is 0 Å². The SMILES string of the molecule is CC(=O)OCCCC1CCC(Br)CN1. The minimum absolute atomic E-state index is 0.179. The zero-order valence-corrected chi connectivity index (χ0v) is 10.2. The Labute approximate surface area is 93.7 Å². The lowest BCUT2D eigenvalue weighted by molar-refractivity contribution is -0.141. The van der Waals surface area contributed by atoms with Crippen LogP contribution in [0, 0.1) is 0 Å². The van der Waals surface area contributed by atoms with Gasteiger partial charge in [0.15, 0.2) is 0 Å². The number of alkyl halides is 1. The Morgan fingerprint density at radius 1 is 1.57 bits per heavy atom. The smallest absolute Gasteiger partial charge is 0.302 e. The van der Waals surface area contributed by atoms with Crippen LogP contribution in [0.3, 0.4) is 0 Å². The summed E-state index contributed by atoms with van der Waals surface area (Å²) >= 11 is 3.58. The number of rotatable bonds is 4. The molecular weight excluding hydrogens is 246 g/mol. The molecule has 0 bridgehead atoms. The van der Waals surface area contributed by atoms with Gasteiger partial charge in [0.25, 0.3) is 0 Å². The highest BCUT2D eigenvalue weighted by atomic mass is 79.9. The van der Waals surface area contributed by atoms with E-state index in [1.165, 1.54) is 19.8 Å². The molecule has 1 N–H and O–H groups in total. The van der Waals surface area contributed by atoms with Gasteiger partial charge >= 0.3 is 5.97 Å². The fourth-order valence-corrected chi connectivity index (χ4v) is 2.12. The number of hydrogen-bond donors (Lipinski definition) is 1. The molecule has 3 nitrogen and oxygen atoms in total. The van der Waals surface area contributed by atoms with Gasteiger partial charge < -0.3 is 10.1 Å². The van der Waals surface area contributed by atoms with Crippen LogP contribution in [-0.4, -0.2) is 30.0 Å². The summed E-state index contributed by atoms with van der Waals surface area (Å²) in [6.07, 6.45) is 4.53. The van der Waals surface area contributed by atoms with E-state index in [2.05, 4.69) is 21.2 Å². The number of carbonyl (C=O) groups is 1. The molecule has 2 atom stereocenters. The molecule has 14 heavy (non-hydrogen) atoms. The highest BCUT2D eigenvalue weighted by Gasteiger charge is 2.17. The molecule has 0 aliphatic carbocycles. The number of nitrogens with one attached hydrogen (secondary N) is 1. The summed E-state index contributed by atoms with van der Waals surface area (Å²) in [5.74, 6) is -0.179. The van der Waals surface area contributed by atoms with Crippen LogP contribution in [0.1, 0.15) is 32.6 Å². The minimum Gasteiger partial charge on any atom is -0.466 e. The van der Waals surface area contributed by atoms with Gasteiger partial charge in [-0.1, -0.05) is 15.9 Å². The average molecular weight is 264 g/mol. The third-order valence-corrected chi connectivity index (χ3v) is 3.24. The first-order chi connectivity index (χ1) is 6.68. The number of hydrogen-bond acceptors (Lipinski definition) is 3. The lowest BCUT2D eigenvalue weighted by atomic mass is 10.0. The summed E-state index contributed by atoms with van der Waals surface area (Å²) in [6.45, 7) is 3.07. The first-order valence-electron chi connectivity index (χ1n) is 5.19. The van der Waals surface area contributed by atoms with Gasteiger partial charge in [0, 0.05) is 24.3 Å². The molecule has 0 aromatic carbocycles. The number of ether oxygens (including phenoxy) is 1. The van der Waals surface area contributed by atoms with Gasteiger partial charge in [0.2, 0.25) is 0 Å². The van der Waals surface area contributed by atoms with Gasteiger partial charge in [-0.2, -0.15) is 0 Å². The molecule has 1 fully saturated rings. The predicted octanol–water partition coefficient (Wildman–Crippen LogP) is 1.85. The van der Waals surface area contributed by atoms with Crippen LogP contribution in [0.4, 0.5) is 0 Å². The van der Waals surface area contributed by atoms with E-state index in [0.717, 1.165) is 19.4 Å². The molecule has 0 spiro atoms. The van der Waals surface area contributed by atoms with Gasteiger partial charge in [-0.3, -0.25) is 4.79 Å². The van der Waals surface area contributed by atoms with Crippen molar-refractivity contribution >= 4 is 21.9 Å². The largest absolute Gasteiger partial charge is 0.466 e. The second-order valence-electron chi connectivity index (χ2n) is 3.76. The topological polar surface area (TPSA) is 38.3 Å². The molecule has 1 heterocycles. The Hall–Kier alpha value is -0.0900. The quantitative estimate of drug-likeness (QED) is 0.478. The fraction of sp³-hybridized carbons (Fsp3) is 0.900. The maximum Gasteiger partial charge on any atom is 0.302 e. The lowest BCUT2D eigenvalue weighted by Gasteiger charge is -2.26. The van der Waals surface area contributed by atoms with E-state index in [4.69, 9.17) is 4.74 Å². The summed E-state index contributed by atoms with van der Waals surface area (Å²) in [6, 6.07) is 0.611. The van der Waals surface area contributed by atoms with Gasteiger partial charge in [0.05, 0.1) is 6.61 Å². The van der Waals surface area contributed by atoms with Gasteiger partial charge in [-0.25, -0.2) is 0 Å². The molecule has 1 aliphatic rings.